The summed E-state index contributed by atoms with van der Waals surface area (Å²) < 4.78 is 0. The molecule has 1 saturated heterocycles. The number of aryl methyl sites for hydroxylation is 1. The average molecular weight is 455 g/mol. The summed E-state index contributed by atoms with van der Waals surface area (Å²) >= 11 is 6.13. The summed E-state index contributed by atoms with van der Waals surface area (Å²) in [5.74, 6) is -1.25. The lowest BCUT2D eigenvalue weighted by Gasteiger charge is -2.31. The highest BCUT2D eigenvalue weighted by atomic mass is 35.5. The summed E-state index contributed by atoms with van der Waals surface area (Å²) in [6, 6.07) is 14.0. The van der Waals surface area contributed by atoms with Crippen LogP contribution in [0.15, 0.2) is 42.5 Å². The van der Waals surface area contributed by atoms with Crippen LogP contribution >= 0.6 is 11.6 Å². The third-order valence-corrected chi connectivity index (χ3v) is 6.85. The molecule has 2 aliphatic heterocycles. The normalized spacial score (nSPS) is 17.0. The second-order valence-corrected chi connectivity index (χ2v) is 9.06. The van der Waals surface area contributed by atoms with Crippen LogP contribution in [0.4, 0.5) is 5.69 Å². The molecular formula is C25H31ClN4O2. The van der Waals surface area contributed by atoms with Gasteiger partial charge in [-0.25, -0.2) is 0 Å². The van der Waals surface area contributed by atoms with Gasteiger partial charge in [0.15, 0.2) is 0 Å². The number of nitrogens with one attached hydrogen (secondary N) is 2. The Balaban J connectivity index is 1.40. The SMILES string of the molecule is CN1CCCc2cc([C@@H](CNC(=O)C(=O)NCc3ccccc3Cl)N3CCCC3)ccc21. The number of carbonyl (C=O) groups is 2. The van der Waals surface area contributed by atoms with Gasteiger partial charge < -0.3 is 15.5 Å². The van der Waals surface area contributed by atoms with E-state index in [0.29, 0.717) is 11.6 Å². The fourth-order valence-corrected chi connectivity index (χ4v) is 4.89. The monoisotopic (exact) mass is 454 g/mol. The standard InChI is InChI=1S/C25H31ClN4O2/c1-29-12-6-8-18-15-19(10-11-22(18)29)23(30-13-4-5-14-30)17-28-25(32)24(31)27-16-20-7-2-3-9-21(20)26/h2-3,7,9-11,15,23H,4-6,8,12-14,16-17H2,1H3,(H,27,31)(H,28,32)/t23-/m1/s1. The van der Waals surface area contributed by atoms with Crippen LogP contribution in [0.5, 0.6) is 0 Å². The molecule has 1 fully saturated rings. The van der Waals surface area contributed by atoms with Gasteiger partial charge in [-0.15, -0.1) is 0 Å². The Bertz CT molecular complexity index is 974. The van der Waals surface area contributed by atoms with E-state index >= 15 is 0 Å². The van der Waals surface area contributed by atoms with E-state index in [0.717, 1.165) is 50.9 Å². The van der Waals surface area contributed by atoms with Crippen molar-refractivity contribution in [1.82, 2.24) is 15.5 Å². The molecule has 2 N–H and O–H groups in total. The van der Waals surface area contributed by atoms with Crippen molar-refractivity contribution < 1.29 is 9.59 Å². The first-order chi connectivity index (χ1) is 15.5. The van der Waals surface area contributed by atoms with Crippen LogP contribution in [-0.2, 0) is 22.6 Å². The van der Waals surface area contributed by atoms with Gasteiger partial charge in [0.1, 0.15) is 0 Å². The van der Waals surface area contributed by atoms with Crippen LogP contribution < -0.4 is 15.5 Å². The van der Waals surface area contributed by atoms with Crippen molar-refractivity contribution in [2.45, 2.75) is 38.3 Å². The van der Waals surface area contributed by atoms with Crippen LogP contribution in [0.1, 0.15) is 42.0 Å². The molecule has 0 saturated carbocycles. The molecule has 0 spiro atoms. The summed E-state index contributed by atoms with van der Waals surface area (Å²) in [4.78, 5) is 29.6. The van der Waals surface area contributed by atoms with E-state index in [4.69, 9.17) is 11.6 Å². The third kappa shape index (κ3) is 5.25. The fourth-order valence-electron chi connectivity index (χ4n) is 4.69. The van der Waals surface area contributed by atoms with Crippen molar-refractivity contribution in [3.05, 3.63) is 64.2 Å². The second-order valence-electron chi connectivity index (χ2n) is 8.66. The summed E-state index contributed by atoms with van der Waals surface area (Å²) in [7, 11) is 2.14. The van der Waals surface area contributed by atoms with Crippen molar-refractivity contribution in [2.24, 2.45) is 0 Å². The minimum absolute atomic E-state index is 0.0651. The average Bonchev–Trinajstić information content (AvgIpc) is 3.33. The Morgan fingerprint density at radius 1 is 1.00 bits per heavy atom. The molecule has 0 aliphatic carbocycles. The number of fused-ring (bicyclic) bond motifs is 1. The quantitative estimate of drug-likeness (QED) is 0.657. The second kappa shape index (κ2) is 10.4. The fraction of sp³-hybridized carbons (Fsp3) is 0.440. The number of carbonyl (C=O) groups excluding carboxylic acids is 2. The molecule has 2 amide bonds. The molecule has 0 radical (unpaired) electrons. The van der Waals surface area contributed by atoms with Crippen LogP contribution in [0.2, 0.25) is 5.02 Å². The number of rotatable bonds is 6. The number of nitrogens with zero attached hydrogens (tertiary/aromatic N) is 2. The largest absolute Gasteiger partial charge is 0.374 e. The summed E-state index contributed by atoms with van der Waals surface area (Å²) in [5.41, 5.74) is 4.65. The number of hydrogen-bond donors (Lipinski definition) is 2. The lowest BCUT2D eigenvalue weighted by molar-refractivity contribution is -0.139. The van der Waals surface area contributed by atoms with Crippen molar-refractivity contribution in [2.75, 3.05) is 38.1 Å². The van der Waals surface area contributed by atoms with Crippen molar-refractivity contribution in [3.63, 3.8) is 0 Å². The first-order valence-corrected chi connectivity index (χ1v) is 11.8. The Kier molecular flexibility index (Phi) is 7.33. The van der Waals surface area contributed by atoms with Crippen molar-refractivity contribution in [1.29, 1.82) is 0 Å². The van der Waals surface area contributed by atoms with Crippen LogP contribution in [0.25, 0.3) is 0 Å². The topological polar surface area (TPSA) is 64.7 Å². The van der Waals surface area contributed by atoms with Gasteiger partial charge in [0, 0.05) is 37.4 Å². The highest BCUT2D eigenvalue weighted by molar-refractivity contribution is 6.35. The molecule has 2 aromatic carbocycles. The number of anilines is 1. The van der Waals surface area contributed by atoms with E-state index in [1.807, 2.05) is 18.2 Å². The van der Waals surface area contributed by atoms with Gasteiger partial charge in [0.05, 0.1) is 6.04 Å². The highest BCUT2D eigenvalue weighted by Gasteiger charge is 2.26. The summed E-state index contributed by atoms with van der Waals surface area (Å²) in [6.07, 6.45) is 4.56. The minimum Gasteiger partial charge on any atom is -0.374 e. The van der Waals surface area contributed by atoms with Gasteiger partial charge in [-0.1, -0.05) is 41.9 Å². The maximum Gasteiger partial charge on any atom is 0.309 e. The highest BCUT2D eigenvalue weighted by Crippen LogP contribution is 2.31. The van der Waals surface area contributed by atoms with Gasteiger partial charge in [0.25, 0.3) is 0 Å². The zero-order chi connectivity index (χ0) is 22.5. The number of hydrogen-bond acceptors (Lipinski definition) is 4. The van der Waals surface area contributed by atoms with Crippen LogP contribution in [0.3, 0.4) is 0 Å². The first-order valence-electron chi connectivity index (χ1n) is 11.4. The summed E-state index contributed by atoms with van der Waals surface area (Å²) in [5, 5.41) is 6.10. The Morgan fingerprint density at radius 2 is 1.75 bits per heavy atom. The molecule has 0 bridgehead atoms. The molecule has 1 atom stereocenters. The number of benzene rings is 2. The minimum atomic E-state index is -0.642. The molecule has 32 heavy (non-hydrogen) atoms. The number of halogens is 1. The predicted molar refractivity (Wildman–Crippen MR) is 128 cm³/mol. The maximum absolute atomic E-state index is 12.5. The molecule has 2 aromatic rings. The molecule has 2 heterocycles. The lowest BCUT2D eigenvalue weighted by atomic mass is 9.96. The van der Waals surface area contributed by atoms with Crippen LogP contribution in [0, 0.1) is 0 Å². The van der Waals surface area contributed by atoms with E-state index in [1.165, 1.54) is 16.8 Å². The summed E-state index contributed by atoms with van der Waals surface area (Å²) in [6.45, 7) is 3.74. The van der Waals surface area contributed by atoms with Gasteiger partial charge in [0.2, 0.25) is 0 Å². The molecule has 170 valence electrons. The third-order valence-electron chi connectivity index (χ3n) is 6.48. The molecule has 0 unspecified atom stereocenters. The van der Waals surface area contributed by atoms with E-state index in [9.17, 15) is 9.59 Å². The first kappa shape index (κ1) is 22.6. The molecule has 0 aromatic heterocycles. The van der Waals surface area contributed by atoms with Gasteiger partial charge >= 0.3 is 11.8 Å². The Morgan fingerprint density at radius 3 is 2.53 bits per heavy atom. The van der Waals surface area contributed by atoms with Crippen molar-refractivity contribution >= 4 is 29.1 Å². The number of amides is 2. The molecular weight excluding hydrogens is 424 g/mol. The zero-order valence-corrected chi connectivity index (χ0v) is 19.3. The molecule has 7 heteroatoms. The molecule has 6 nitrogen and oxygen atoms in total. The lowest BCUT2D eigenvalue weighted by Crippen LogP contribution is -2.43. The van der Waals surface area contributed by atoms with E-state index in [-0.39, 0.29) is 12.6 Å². The Labute approximate surface area is 194 Å². The van der Waals surface area contributed by atoms with E-state index < -0.39 is 11.8 Å². The predicted octanol–water partition coefficient (Wildman–Crippen LogP) is 3.29. The van der Waals surface area contributed by atoms with E-state index in [2.05, 4.69) is 45.7 Å². The smallest absolute Gasteiger partial charge is 0.309 e. The molecule has 4 rings (SSSR count). The van der Waals surface area contributed by atoms with E-state index in [1.54, 1.807) is 6.07 Å². The van der Waals surface area contributed by atoms with Crippen LogP contribution in [-0.4, -0.2) is 49.9 Å². The maximum atomic E-state index is 12.5. The van der Waals surface area contributed by atoms with Gasteiger partial charge in [-0.3, -0.25) is 14.5 Å². The molecule has 2 aliphatic rings. The van der Waals surface area contributed by atoms with Gasteiger partial charge in [-0.2, -0.15) is 0 Å². The number of likely N-dealkylation sites (tertiary alicyclic amines) is 1. The van der Waals surface area contributed by atoms with Crippen molar-refractivity contribution in [3.8, 4) is 0 Å². The Hall–Kier alpha value is -2.57. The van der Waals surface area contributed by atoms with Gasteiger partial charge in [-0.05, 0) is 67.6 Å². The zero-order valence-electron chi connectivity index (χ0n) is 18.6.